The maximum absolute atomic E-state index is 12.4. The lowest BCUT2D eigenvalue weighted by molar-refractivity contribution is -0.129. The lowest BCUT2D eigenvalue weighted by atomic mass is 9.76. The third-order valence-corrected chi connectivity index (χ3v) is 4.78. The highest BCUT2D eigenvalue weighted by Crippen LogP contribution is 2.44. The van der Waals surface area contributed by atoms with Crippen molar-refractivity contribution in [1.29, 1.82) is 0 Å². The van der Waals surface area contributed by atoms with Gasteiger partial charge in [-0.25, -0.2) is 0 Å². The molecular formula is C14H24O. The number of hydrogen-bond acceptors (Lipinski definition) is 1. The molecule has 0 aliphatic heterocycles. The fourth-order valence-electron chi connectivity index (χ4n) is 3.57. The van der Waals surface area contributed by atoms with E-state index < -0.39 is 0 Å². The second-order valence-electron chi connectivity index (χ2n) is 5.62. The van der Waals surface area contributed by atoms with Crippen molar-refractivity contribution in [3.05, 3.63) is 0 Å². The third kappa shape index (κ3) is 2.26. The summed E-state index contributed by atoms with van der Waals surface area (Å²) in [6.45, 7) is 2.21. The molecule has 0 aromatic heterocycles. The molecule has 0 saturated heterocycles. The highest BCUT2D eigenvalue weighted by molar-refractivity contribution is 5.85. The Labute approximate surface area is 93.6 Å². The van der Waals surface area contributed by atoms with E-state index in [-0.39, 0.29) is 5.41 Å². The minimum atomic E-state index is 0.114. The molecule has 2 aliphatic rings. The first-order valence-electron chi connectivity index (χ1n) is 6.80. The molecule has 0 bridgehead atoms. The van der Waals surface area contributed by atoms with Gasteiger partial charge in [0.2, 0.25) is 0 Å². The van der Waals surface area contributed by atoms with Crippen molar-refractivity contribution in [1.82, 2.24) is 0 Å². The Bertz CT molecular complexity index is 219. The first-order valence-corrected chi connectivity index (χ1v) is 6.80. The summed E-state index contributed by atoms with van der Waals surface area (Å²) in [7, 11) is 0. The van der Waals surface area contributed by atoms with Crippen LogP contribution in [0.1, 0.15) is 71.1 Å². The van der Waals surface area contributed by atoms with Crippen LogP contribution in [-0.2, 0) is 4.79 Å². The van der Waals surface area contributed by atoms with Gasteiger partial charge in [0.1, 0.15) is 5.78 Å². The van der Waals surface area contributed by atoms with Gasteiger partial charge in [0, 0.05) is 11.8 Å². The van der Waals surface area contributed by atoms with Gasteiger partial charge in [0.15, 0.2) is 0 Å². The van der Waals surface area contributed by atoms with Crippen LogP contribution in [0.15, 0.2) is 0 Å². The standard InChI is InChI=1S/C14H24O/c1-2-14(9-5-6-10-14)13(15)11-12-7-3-4-8-12/h12H,2-11H2,1H3. The molecule has 2 rings (SSSR count). The summed E-state index contributed by atoms with van der Waals surface area (Å²) in [5.74, 6) is 1.34. The maximum Gasteiger partial charge on any atom is 0.139 e. The monoisotopic (exact) mass is 208 g/mol. The first-order chi connectivity index (χ1) is 7.27. The highest BCUT2D eigenvalue weighted by atomic mass is 16.1. The molecule has 0 amide bonds. The Morgan fingerprint density at radius 3 is 2.27 bits per heavy atom. The van der Waals surface area contributed by atoms with Crippen LogP contribution < -0.4 is 0 Å². The zero-order valence-electron chi connectivity index (χ0n) is 10.1. The summed E-state index contributed by atoms with van der Waals surface area (Å²) in [5, 5.41) is 0. The normalized spacial score (nSPS) is 25.9. The van der Waals surface area contributed by atoms with Crippen LogP contribution in [-0.4, -0.2) is 5.78 Å². The fraction of sp³-hybridized carbons (Fsp3) is 0.929. The van der Waals surface area contributed by atoms with Crippen molar-refractivity contribution in [3.8, 4) is 0 Å². The number of Topliss-reactive ketones (excluding diaryl/α,β-unsaturated/α-hetero) is 1. The van der Waals surface area contributed by atoms with Crippen LogP contribution in [0.3, 0.4) is 0 Å². The van der Waals surface area contributed by atoms with Crippen molar-refractivity contribution >= 4 is 5.78 Å². The minimum Gasteiger partial charge on any atom is -0.299 e. The molecule has 2 fully saturated rings. The second-order valence-corrected chi connectivity index (χ2v) is 5.62. The molecule has 0 atom stereocenters. The molecule has 86 valence electrons. The molecule has 0 unspecified atom stereocenters. The summed E-state index contributed by atoms with van der Waals surface area (Å²) in [5.41, 5.74) is 0.114. The van der Waals surface area contributed by atoms with Crippen LogP contribution >= 0.6 is 0 Å². The van der Waals surface area contributed by atoms with E-state index in [1.54, 1.807) is 0 Å². The van der Waals surface area contributed by atoms with Crippen molar-refractivity contribution in [3.63, 3.8) is 0 Å². The summed E-state index contributed by atoms with van der Waals surface area (Å²) in [4.78, 5) is 12.4. The number of ketones is 1. The van der Waals surface area contributed by atoms with Gasteiger partial charge in [-0.1, -0.05) is 45.4 Å². The van der Waals surface area contributed by atoms with Crippen molar-refractivity contribution < 1.29 is 4.79 Å². The predicted octanol–water partition coefficient (Wildman–Crippen LogP) is 4.11. The van der Waals surface area contributed by atoms with Crippen LogP contribution in [0.2, 0.25) is 0 Å². The van der Waals surface area contributed by atoms with E-state index in [1.807, 2.05) is 0 Å². The number of carbonyl (C=O) groups excluding carboxylic acids is 1. The summed E-state index contributed by atoms with van der Waals surface area (Å²) in [6.07, 6.45) is 12.2. The predicted molar refractivity (Wildman–Crippen MR) is 62.8 cm³/mol. The van der Waals surface area contributed by atoms with Gasteiger partial charge in [-0.15, -0.1) is 0 Å². The van der Waals surface area contributed by atoms with Crippen LogP contribution in [0.25, 0.3) is 0 Å². The zero-order valence-corrected chi connectivity index (χ0v) is 10.1. The Hall–Kier alpha value is -0.330. The Morgan fingerprint density at radius 1 is 1.13 bits per heavy atom. The van der Waals surface area contributed by atoms with Crippen LogP contribution in [0.5, 0.6) is 0 Å². The number of rotatable bonds is 4. The molecule has 0 aromatic carbocycles. The van der Waals surface area contributed by atoms with Gasteiger partial charge in [-0.3, -0.25) is 4.79 Å². The van der Waals surface area contributed by atoms with E-state index in [0.717, 1.165) is 18.8 Å². The molecule has 0 N–H and O–H groups in total. The van der Waals surface area contributed by atoms with Gasteiger partial charge < -0.3 is 0 Å². The fourth-order valence-corrected chi connectivity index (χ4v) is 3.57. The summed E-state index contributed by atoms with van der Waals surface area (Å²) in [6, 6.07) is 0. The Balaban J connectivity index is 1.92. The lowest BCUT2D eigenvalue weighted by Gasteiger charge is -2.27. The molecular weight excluding hydrogens is 184 g/mol. The van der Waals surface area contributed by atoms with Gasteiger partial charge in [0.05, 0.1) is 0 Å². The molecule has 2 saturated carbocycles. The van der Waals surface area contributed by atoms with Crippen molar-refractivity contribution in [2.45, 2.75) is 71.1 Å². The van der Waals surface area contributed by atoms with E-state index in [4.69, 9.17) is 0 Å². The SMILES string of the molecule is CCC1(C(=O)CC2CCCC2)CCCC1. The average Bonchev–Trinajstić information content (AvgIpc) is 2.87. The molecule has 15 heavy (non-hydrogen) atoms. The minimum absolute atomic E-state index is 0.114. The zero-order chi connectivity index (χ0) is 10.7. The topological polar surface area (TPSA) is 17.1 Å². The first kappa shape index (κ1) is 11.2. The van der Waals surface area contributed by atoms with E-state index in [1.165, 1.54) is 51.4 Å². The highest BCUT2D eigenvalue weighted by Gasteiger charge is 2.39. The Kier molecular flexibility index (Phi) is 3.48. The summed E-state index contributed by atoms with van der Waals surface area (Å²) < 4.78 is 0. The smallest absolute Gasteiger partial charge is 0.139 e. The quantitative estimate of drug-likeness (QED) is 0.679. The molecule has 0 spiro atoms. The maximum atomic E-state index is 12.4. The second kappa shape index (κ2) is 4.67. The van der Waals surface area contributed by atoms with Crippen molar-refractivity contribution in [2.75, 3.05) is 0 Å². The van der Waals surface area contributed by atoms with E-state index in [2.05, 4.69) is 6.92 Å². The summed E-state index contributed by atoms with van der Waals surface area (Å²) >= 11 is 0. The van der Waals surface area contributed by atoms with Gasteiger partial charge in [-0.05, 0) is 25.2 Å². The van der Waals surface area contributed by atoms with Gasteiger partial charge >= 0.3 is 0 Å². The van der Waals surface area contributed by atoms with Gasteiger partial charge in [0.25, 0.3) is 0 Å². The van der Waals surface area contributed by atoms with E-state index in [0.29, 0.717) is 5.78 Å². The van der Waals surface area contributed by atoms with Gasteiger partial charge in [-0.2, -0.15) is 0 Å². The third-order valence-electron chi connectivity index (χ3n) is 4.78. The van der Waals surface area contributed by atoms with Crippen LogP contribution in [0.4, 0.5) is 0 Å². The largest absolute Gasteiger partial charge is 0.299 e. The molecule has 0 radical (unpaired) electrons. The Morgan fingerprint density at radius 2 is 1.73 bits per heavy atom. The molecule has 0 heterocycles. The number of hydrogen-bond donors (Lipinski definition) is 0. The number of carbonyl (C=O) groups is 1. The average molecular weight is 208 g/mol. The molecule has 0 aromatic rings. The van der Waals surface area contributed by atoms with E-state index >= 15 is 0 Å². The van der Waals surface area contributed by atoms with Crippen LogP contribution in [0, 0.1) is 11.3 Å². The molecule has 1 nitrogen and oxygen atoms in total. The molecule has 2 aliphatic carbocycles. The van der Waals surface area contributed by atoms with Crippen molar-refractivity contribution in [2.24, 2.45) is 11.3 Å². The molecule has 1 heteroatoms. The lowest BCUT2D eigenvalue weighted by Crippen LogP contribution is -2.28. The van der Waals surface area contributed by atoms with E-state index in [9.17, 15) is 4.79 Å².